The highest BCUT2D eigenvalue weighted by molar-refractivity contribution is 6.15. The fourth-order valence-electron chi connectivity index (χ4n) is 5.69. The molecule has 10 heteroatoms. The molecule has 0 atom stereocenters. The van der Waals surface area contributed by atoms with Gasteiger partial charge in [0.1, 0.15) is 69.5 Å². The summed E-state index contributed by atoms with van der Waals surface area (Å²) in [4.78, 5) is 19.0. The van der Waals surface area contributed by atoms with E-state index in [2.05, 4.69) is 9.97 Å². The van der Waals surface area contributed by atoms with E-state index in [1.807, 2.05) is 71.8 Å². The van der Waals surface area contributed by atoms with Crippen molar-refractivity contribution in [3.8, 4) is 46.8 Å². The SMILES string of the molecule is Cn1c2c(c3cccnc31)-c1nc3c(nc1C2=C(C#N)C#N)-c1c(n(C)c2ncccc12)C3=C(C#N)C#N. The van der Waals surface area contributed by atoms with Crippen LogP contribution in [0, 0.1) is 45.3 Å². The number of aryl methyl sites for hydroxylation is 2. The third-order valence-electron chi connectivity index (χ3n) is 7.16. The average Bonchev–Trinajstić information content (AvgIpc) is 3.63. The highest BCUT2D eigenvalue weighted by Crippen LogP contribution is 2.53. The molecule has 0 unspecified atom stereocenters. The van der Waals surface area contributed by atoms with Gasteiger partial charge in [-0.05, 0) is 24.3 Å². The summed E-state index contributed by atoms with van der Waals surface area (Å²) in [7, 11) is 3.65. The molecule has 5 aromatic heterocycles. The quantitative estimate of drug-likeness (QED) is 0.291. The minimum atomic E-state index is -0.0894. The molecule has 38 heavy (non-hydrogen) atoms. The molecule has 0 amide bonds. The van der Waals surface area contributed by atoms with Crippen molar-refractivity contribution in [1.29, 1.82) is 21.0 Å². The second kappa shape index (κ2) is 7.21. The average molecular weight is 488 g/mol. The second-order valence-corrected chi connectivity index (χ2v) is 8.88. The lowest BCUT2D eigenvalue weighted by molar-refractivity contribution is 0.931. The van der Waals surface area contributed by atoms with Gasteiger partial charge in [0.05, 0.1) is 22.5 Å². The summed E-state index contributed by atoms with van der Waals surface area (Å²) in [6.45, 7) is 0. The summed E-state index contributed by atoms with van der Waals surface area (Å²) in [5.74, 6) is 0. The molecule has 0 spiro atoms. The van der Waals surface area contributed by atoms with Crippen LogP contribution in [0.5, 0.6) is 0 Å². The van der Waals surface area contributed by atoms with Crippen molar-refractivity contribution in [3.63, 3.8) is 0 Å². The maximum atomic E-state index is 9.88. The minimum absolute atomic E-state index is 0.0894. The van der Waals surface area contributed by atoms with Crippen LogP contribution in [0.25, 0.3) is 55.7 Å². The van der Waals surface area contributed by atoms with Gasteiger partial charge in [0.15, 0.2) is 0 Å². The van der Waals surface area contributed by atoms with Crippen molar-refractivity contribution < 1.29 is 0 Å². The molecule has 0 radical (unpaired) electrons. The first-order chi connectivity index (χ1) is 18.5. The van der Waals surface area contributed by atoms with E-state index in [1.54, 1.807) is 12.4 Å². The Morgan fingerprint density at radius 1 is 0.632 bits per heavy atom. The third-order valence-corrected chi connectivity index (χ3v) is 7.16. The molecular formula is C28H12N10. The van der Waals surface area contributed by atoms with Crippen molar-refractivity contribution in [2.24, 2.45) is 14.1 Å². The van der Waals surface area contributed by atoms with Crippen LogP contribution in [0.3, 0.4) is 0 Å². The van der Waals surface area contributed by atoms with Crippen molar-refractivity contribution in [2.75, 3.05) is 0 Å². The Balaban J connectivity index is 1.70. The van der Waals surface area contributed by atoms with Crippen LogP contribution in [0.15, 0.2) is 47.8 Å². The first-order valence-electron chi connectivity index (χ1n) is 11.5. The van der Waals surface area contributed by atoms with Crippen molar-refractivity contribution in [3.05, 3.63) is 70.6 Å². The van der Waals surface area contributed by atoms with E-state index < -0.39 is 0 Å². The maximum Gasteiger partial charge on any atom is 0.141 e. The summed E-state index contributed by atoms with van der Waals surface area (Å²) >= 11 is 0. The van der Waals surface area contributed by atoms with Crippen LogP contribution in [-0.2, 0) is 14.1 Å². The Labute approximate surface area is 214 Å². The molecule has 7 rings (SSSR count). The minimum Gasteiger partial charge on any atom is -0.328 e. The molecule has 5 heterocycles. The van der Waals surface area contributed by atoms with Crippen LogP contribution < -0.4 is 0 Å². The number of rotatable bonds is 0. The summed E-state index contributed by atoms with van der Waals surface area (Å²) in [6.07, 6.45) is 3.35. The fourth-order valence-corrected chi connectivity index (χ4v) is 5.69. The van der Waals surface area contributed by atoms with Gasteiger partial charge < -0.3 is 9.13 Å². The molecule has 10 nitrogen and oxygen atoms in total. The summed E-state index contributed by atoms with van der Waals surface area (Å²) < 4.78 is 3.67. The Kier molecular flexibility index (Phi) is 4.02. The highest BCUT2D eigenvalue weighted by atomic mass is 15.1. The molecule has 174 valence electrons. The van der Waals surface area contributed by atoms with Crippen LogP contribution in [-0.4, -0.2) is 29.1 Å². The van der Waals surface area contributed by atoms with Crippen LogP contribution >= 0.6 is 0 Å². The first-order valence-corrected chi connectivity index (χ1v) is 11.5. The largest absolute Gasteiger partial charge is 0.328 e. The zero-order valence-corrected chi connectivity index (χ0v) is 19.9. The normalized spacial score (nSPS) is 12.3. The molecule has 2 aliphatic carbocycles. The van der Waals surface area contributed by atoms with Gasteiger partial charge in [0.2, 0.25) is 0 Å². The van der Waals surface area contributed by atoms with Crippen LogP contribution in [0.2, 0.25) is 0 Å². The van der Waals surface area contributed by atoms with E-state index in [4.69, 9.17) is 9.97 Å². The number of nitriles is 4. The third kappa shape index (κ3) is 2.31. The number of hydrogen-bond acceptors (Lipinski definition) is 8. The molecule has 0 fully saturated rings. The zero-order valence-electron chi connectivity index (χ0n) is 19.9. The van der Waals surface area contributed by atoms with Gasteiger partial charge in [-0.2, -0.15) is 21.0 Å². The number of hydrogen-bond donors (Lipinski definition) is 0. The lowest BCUT2D eigenvalue weighted by Crippen LogP contribution is -2.03. The smallest absolute Gasteiger partial charge is 0.141 e. The van der Waals surface area contributed by atoms with Gasteiger partial charge in [0, 0.05) is 48.4 Å². The number of fused-ring (bicyclic) bond motifs is 10. The predicted molar refractivity (Wildman–Crippen MR) is 136 cm³/mol. The van der Waals surface area contributed by atoms with E-state index in [0.29, 0.717) is 67.7 Å². The molecule has 2 aliphatic rings. The molecule has 0 aliphatic heterocycles. The number of pyridine rings is 2. The van der Waals surface area contributed by atoms with E-state index in [9.17, 15) is 21.0 Å². The monoisotopic (exact) mass is 488 g/mol. The highest BCUT2D eigenvalue weighted by Gasteiger charge is 2.41. The Morgan fingerprint density at radius 2 is 1.03 bits per heavy atom. The Hall–Kier alpha value is -6.10. The van der Waals surface area contributed by atoms with Crippen molar-refractivity contribution in [1.82, 2.24) is 29.1 Å². The lowest BCUT2D eigenvalue weighted by atomic mass is 10.1. The van der Waals surface area contributed by atoms with Gasteiger partial charge >= 0.3 is 0 Å². The summed E-state index contributed by atoms with van der Waals surface area (Å²) in [5, 5.41) is 41.1. The Morgan fingerprint density at radius 3 is 1.39 bits per heavy atom. The molecule has 0 bridgehead atoms. The van der Waals surface area contributed by atoms with Gasteiger partial charge in [-0.3, -0.25) is 0 Å². The predicted octanol–water partition coefficient (Wildman–Crippen LogP) is 3.91. The van der Waals surface area contributed by atoms with E-state index >= 15 is 0 Å². The van der Waals surface area contributed by atoms with E-state index in [1.165, 1.54) is 0 Å². The number of nitrogens with zero attached hydrogens (tertiary/aromatic N) is 10. The Bertz CT molecular complexity index is 2000. The molecule has 5 aromatic rings. The lowest BCUT2D eigenvalue weighted by Gasteiger charge is -2.09. The van der Waals surface area contributed by atoms with Gasteiger partial charge in [-0.1, -0.05) is 0 Å². The molecule has 0 saturated carbocycles. The maximum absolute atomic E-state index is 9.88. The van der Waals surface area contributed by atoms with Gasteiger partial charge in [-0.15, -0.1) is 0 Å². The molecular weight excluding hydrogens is 476 g/mol. The fraction of sp³-hybridized carbons (Fsp3) is 0.0714. The molecule has 0 saturated heterocycles. The summed E-state index contributed by atoms with van der Waals surface area (Å²) in [6, 6.07) is 15.5. The second-order valence-electron chi connectivity index (χ2n) is 8.88. The molecule has 0 aromatic carbocycles. The summed E-state index contributed by atoms with van der Waals surface area (Å²) in [5.41, 5.74) is 6.33. The standard InChI is InChI=1S/C28H12N10/c1-37-25-17(13(9-29)10-30)21-23(19(25)15-5-3-7-33-27(15)37)36-22-18(14(11-31)12-32)26-20(24(22)35-21)16-6-4-8-34-28(16)38(26)2/h3-8H,1-2H3. The number of aromatic nitrogens is 6. The first kappa shape index (κ1) is 21.2. The number of allylic oxidation sites excluding steroid dienone is 2. The van der Waals surface area contributed by atoms with Crippen LogP contribution in [0.4, 0.5) is 0 Å². The van der Waals surface area contributed by atoms with Gasteiger partial charge in [-0.25, -0.2) is 19.9 Å². The molecule has 0 N–H and O–H groups in total. The van der Waals surface area contributed by atoms with Crippen molar-refractivity contribution >= 4 is 33.2 Å². The topological polar surface area (TPSA) is 157 Å². The zero-order chi connectivity index (χ0) is 26.3. The van der Waals surface area contributed by atoms with Gasteiger partial charge in [0.25, 0.3) is 0 Å². The van der Waals surface area contributed by atoms with Crippen molar-refractivity contribution in [2.45, 2.75) is 0 Å². The van der Waals surface area contributed by atoms with Crippen LogP contribution in [0.1, 0.15) is 22.8 Å². The van der Waals surface area contributed by atoms with E-state index in [0.717, 1.165) is 10.8 Å². The van der Waals surface area contributed by atoms with E-state index in [-0.39, 0.29) is 11.1 Å².